The zero-order chi connectivity index (χ0) is 36.5. The first-order valence-corrected chi connectivity index (χ1v) is 16.3. The second-order valence-electron chi connectivity index (χ2n) is 11.6. The standard InChI is InChI=1S/C39H46N2O9/c1-7-35(42)48-23-11-9-21-46-33-25-30(26-34(27-33)47-22-10-12-24-49-36(43)8-2)38(37(44)28-13-17-31(18-14-28)40(3)4)50-39(45)29-15-19-32(20-16-29)41(5)6/h7-8,13-20,25-27,38H,1-2,9-12,21-24H2,3-6H3. The van der Waals surface area contributed by atoms with Crippen LogP contribution in [0.25, 0.3) is 0 Å². The van der Waals surface area contributed by atoms with Gasteiger partial charge in [0, 0.05) is 68.9 Å². The topological polar surface area (TPSA) is 121 Å². The van der Waals surface area contributed by atoms with E-state index < -0.39 is 29.8 Å². The third-order valence-corrected chi connectivity index (χ3v) is 7.39. The molecular formula is C39H46N2O9. The quantitative estimate of drug-likeness (QED) is 0.0408. The minimum absolute atomic E-state index is 0.222. The van der Waals surface area contributed by atoms with Crippen LogP contribution in [0.1, 0.15) is 58.1 Å². The Morgan fingerprint density at radius 1 is 0.620 bits per heavy atom. The van der Waals surface area contributed by atoms with Crippen LogP contribution in [-0.4, -0.2) is 78.3 Å². The molecule has 1 atom stereocenters. The molecule has 0 amide bonds. The number of carbonyl (C=O) groups excluding carboxylic acids is 4. The molecule has 11 nitrogen and oxygen atoms in total. The van der Waals surface area contributed by atoms with Crippen LogP contribution in [0.15, 0.2) is 92.0 Å². The van der Waals surface area contributed by atoms with Gasteiger partial charge in [-0.2, -0.15) is 0 Å². The summed E-state index contributed by atoms with van der Waals surface area (Å²) in [5.41, 5.74) is 2.81. The van der Waals surface area contributed by atoms with Gasteiger partial charge in [0.25, 0.3) is 0 Å². The lowest BCUT2D eigenvalue weighted by molar-refractivity contribution is -0.138. The van der Waals surface area contributed by atoms with E-state index in [1.807, 2.05) is 50.1 Å². The van der Waals surface area contributed by atoms with Crippen LogP contribution >= 0.6 is 0 Å². The number of nitrogens with zero attached hydrogens (tertiary/aromatic N) is 2. The zero-order valence-electron chi connectivity index (χ0n) is 29.2. The van der Waals surface area contributed by atoms with Gasteiger partial charge in [0.15, 0.2) is 6.10 Å². The molecule has 0 heterocycles. The molecule has 0 saturated heterocycles. The highest BCUT2D eigenvalue weighted by Gasteiger charge is 2.28. The predicted molar refractivity (Wildman–Crippen MR) is 192 cm³/mol. The lowest BCUT2D eigenvalue weighted by Crippen LogP contribution is -2.21. The molecule has 0 N–H and O–H groups in total. The van der Waals surface area contributed by atoms with Crippen LogP contribution in [0.5, 0.6) is 11.5 Å². The van der Waals surface area contributed by atoms with Crippen molar-refractivity contribution in [1.82, 2.24) is 0 Å². The Balaban J connectivity index is 1.90. The van der Waals surface area contributed by atoms with Crippen molar-refractivity contribution in [3.8, 4) is 11.5 Å². The van der Waals surface area contributed by atoms with Gasteiger partial charge >= 0.3 is 17.9 Å². The average molecular weight is 687 g/mol. The van der Waals surface area contributed by atoms with Crippen molar-refractivity contribution in [2.24, 2.45) is 0 Å². The molecule has 1 unspecified atom stereocenters. The van der Waals surface area contributed by atoms with Crippen molar-refractivity contribution in [3.63, 3.8) is 0 Å². The van der Waals surface area contributed by atoms with Crippen molar-refractivity contribution in [3.05, 3.63) is 109 Å². The average Bonchev–Trinajstić information content (AvgIpc) is 3.12. The molecular weight excluding hydrogens is 640 g/mol. The maximum Gasteiger partial charge on any atom is 0.339 e. The van der Waals surface area contributed by atoms with Crippen LogP contribution in [0.3, 0.4) is 0 Å². The Morgan fingerprint density at radius 2 is 1.04 bits per heavy atom. The smallest absolute Gasteiger partial charge is 0.339 e. The van der Waals surface area contributed by atoms with Gasteiger partial charge < -0.3 is 33.5 Å². The summed E-state index contributed by atoms with van der Waals surface area (Å²) in [5, 5.41) is 0. The first-order chi connectivity index (χ1) is 24.0. The summed E-state index contributed by atoms with van der Waals surface area (Å²) in [5.74, 6) is -1.29. The number of rotatable bonds is 21. The number of anilines is 2. The van der Waals surface area contributed by atoms with Crippen molar-refractivity contribution in [2.45, 2.75) is 31.8 Å². The first-order valence-electron chi connectivity index (χ1n) is 16.3. The predicted octanol–water partition coefficient (Wildman–Crippen LogP) is 6.38. The van der Waals surface area contributed by atoms with Crippen molar-refractivity contribution in [2.75, 3.05) is 64.4 Å². The normalized spacial score (nSPS) is 11.0. The summed E-state index contributed by atoms with van der Waals surface area (Å²) in [7, 11) is 7.59. The summed E-state index contributed by atoms with van der Waals surface area (Å²) in [4.78, 5) is 54.1. The molecule has 0 spiro atoms. The summed E-state index contributed by atoms with van der Waals surface area (Å²) >= 11 is 0. The van der Waals surface area contributed by atoms with E-state index in [1.165, 1.54) is 0 Å². The van der Waals surface area contributed by atoms with Gasteiger partial charge in [-0.15, -0.1) is 0 Å². The van der Waals surface area contributed by atoms with Gasteiger partial charge in [-0.3, -0.25) is 4.79 Å². The third kappa shape index (κ3) is 12.5. The minimum atomic E-state index is -1.33. The highest BCUT2D eigenvalue weighted by Crippen LogP contribution is 2.32. The largest absolute Gasteiger partial charge is 0.493 e. The highest BCUT2D eigenvalue weighted by molar-refractivity contribution is 6.02. The Hall–Kier alpha value is -5.58. The maximum atomic E-state index is 14.1. The van der Waals surface area contributed by atoms with Crippen LogP contribution in [-0.2, 0) is 23.8 Å². The molecule has 266 valence electrons. The molecule has 0 aliphatic rings. The number of Topliss-reactive ketones (excluding diaryl/α,β-unsaturated/α-hetero) is 1. The van der Waals surface area contributed by atoms with Crippen molar-refractivity contribution in [1.29, 1.82) is 0 Å². The first kappa shape index (κ1) is 38.9. The molecule has 0 aliphatic heterocycles. The molecule has 11 heteroatoms. The van der Waals surface area contributed by atoms with E-state index in [4.69, 9.17) is 23.7 Å². The van der Waals surface area contributed by atoms with Gasteiger partial charge in [0.05, 0.1) is 32.0 Å². The fourth-order valence-electron chi connectivity index (χ4n) is 4.58. The fourth-order valence-corrected chi connectivity index (χ4v) is 4.58. The number of ketones is 1. The lowest BCUT2D eigenvalue weighted by atomic mass is 9.98. The Morgan fingerprint density at radius 3 is 1.46 bits per heavy atom. The van der Waals surface area contributed by atoms with Gasteiger partial charge in [0.1, 0.15) is 11.5 Å². The summed E-state index contributed by atoms with van der Waals surface area (Å²) in [6.07, 6.45) is 3.17. The molecule has 0 saturated carbocycles. The molecule has 3 aromatic rings. The van der Waals surface area contributed by atoms with E-state index in [0.29, 0.717) is 48.3 Å². The summed E-state index contributed by atoms with van der Waals surface area (Å²) in [6.45, 7) is 7.78. The number of unbranched alkanes of at least 4 members (excludes halogenated alkanes) is 2. The van der Waals surface area contributed by atoms with Crippen LogP contribution in [0, 0.1) is 0 Å². The number of hydrogen-bond donors (Lipinski definition) is 0. The van der Waals surface area contributed by atoms with E-state index >= 15 is 0 Å². The molecule has 0 aliphatic carbocycles. The lowest BCUT2D eigenvalue weighted by Gasteiger charge is -2.21. The molecule has 50 heavy (non-hydrogen) atoms. The summed E-state index contributed by atoms with van der Waals surface area (Å²) in [6, 6.07) is 18.9. The van der Waals surface area contributed by atoms with Gasteiger partial charge in [-0.25, -0.2) is 14.4 Å². The van der Waals surface area contributed by atoms with Crippen molar-refractivity contribution >= 4 is 35.1 Å². The third-order valence-electron chi connectivity index (χ3n) is 7.39. The van der Waals surface area contributed by atoms with Crippen LogP contribution in [0.4, 0.5) is 11.4 Å². The molecule has 0 fully saturated rings. The van der Waals surface area contributed by atoms with E-state index in [9.17, 15) is 19.2 Å². The maximum absolute atomic E-state index is 14.1. The van der Waals surface area contributed by atoms with Crippen LogP contribution < -0.4 is 19.3 Å². The Bertz CT molecular complexity index is 1550. The van der Waals surface area contributed by atoms with E-state index in [-0.39, 0.29) is 32.0 Å². The van der Waals surface area contributed by atoms with E-state index in [2.05, 4.69) is 13.2 Å². The molecule has 3 aromatic carbocycles. The Kier molecular flexibility index (Phi) is 15.6. The van der Waals surface area contributed by atoms with E-state index in [1.54, 1.807) is 54.6 Å². The summed E-state index contributed by atoms with van der Waals surface area (Å²) < 4.78 is 28.1. The molecule has 0 bridgehead atoms. The minimum Gasteiger partial charge on any atom is -0.493 e. The van der Waals surface area contributed by atoms with E-state index in [0.717, 1.165) is 23.5 Å². The number of hydrogen-bond acceptors (Lipinski definition) is 11. The molecule has 3 rings (SSSR count). The number of esters is 3. The highest BCUT2D eigenvalue weighted by atomic mass is 16.6. The fraction of sp³-hybridized carbons (Fsp3) is 0.333. The number of ether oxygens (including phenoxy) is 5. The molecule has 0 radical (unpaired) electrons. The van der Waals surface area contributed by atoms with Crippen molar-refractivity contribution < 1.29 is 42.9 Å². The monoisotopic (exact) mass is 686 g/mol. The van der Waals surface area contributed by atoms with Gasteiger partial charge in [-0.1, -0.05) is 13.2 Å². The zero-order valence-corrected chi connectivity index (χ0v) is 29.2. The van der Waals surface area contributed by atoms with Gasteiger partial charge in [0.2, 0.25) is 5.78 Å². The van der Waals surface area contributed by atoms with Gasteiger partial charge in [-0.05, 0) is 86.3 Å². The second-order valence-corrected chi connectivity index (χ2v) is 11.6. The Labute approximate surface area is 294 Å². The number of benzene rings is 3. The van der Waals surface area contributed by atoms with Crippen LogP contribution in [0.2, 0.25) is 0 Å². The SMILES string of the molecule is C=CC(=O)OCCCCOc1cc(OCCCCOC(=O)C=C)cc(C(OC(=O)c2ccc(N(C)C)cc2)C(=O)c2ccc(N(C)C)cc2)c1. The molecule has 0 aromatic heterocycles. The number of carbonyl (C=O) groups is 4. The second kappa shape index (κ2) is 20.1.